The van der Waals surface area contributed by atoms with E-state index in [1.54, 1.807) is 18.3 Å². The Morgan fingerprint density at radius 3 is 2.68 bits per heavy atom. The van der Waals surface area contributed by atoms with Crippen LogP contribution in [-0.4, -0.2) is 9.97 Å². The molecule has 1 atom stereocenters. The molecular weight excluding hydrogens is 286 g/mol. The summed E-state index contributed by atoms with van der Waals surface area (Å²) in [5.41, 5.74) is 2.10. The summed E-state index contributed by atoms with van der Waals surface area (Å²) in [5, 5.41) is 0.238. The minimum Gasteiger partial charge on any atom is -0.241 e. The van der Waals surface area contributed by atoms with Crippen LogP contribution in [0.1, 0.15) is 34.9 Å². The second-order valence-corrected chi connectivity index (χ2v) is 5.38. The minimum absolute atomic E-state index is 0.147. The molecule has 0 aliphatic rings. The average molecular weight is 299 g/mol. The fourth-order valence-electron chi connectivity index (χ4n) is 1.86. The van der Waals surface area contributed by atoms with Crippen LogP contribution >= 0.6 is 23.2 Å². The van der Waals surface area contributed by atoms with Gasteiger partial charge in [-0.1, -0.05) is 17.7 Å². The average Bonchev–Trinajstić information content (AvgIpc) is 2.33. The van der Waals surface area contributed by atoms with Crippen LogP contribution in [0.5, 0.6) is 0 Å². The van der Waals surface area contributed by atoms with E-state index in [1.165, 1.54) is 6.07 Å². The lowest BCUT2D eigenvalue weighted by atomic mass is 10.1. The quantitative estimate of drug-likeness (QED) is 0.782. The highest BCUT2D eigenvalue weighted by Crippen LogP contribution is 2.23. The number of nitrogens with zero attached hydrogens (tertiary/aromatic N) is 2. The predicted molar refractivity (Wildman–Crippen MR) is 75.3 cm³/mol. The lowest BCUT2D eigenvalue weighted by Gasteiger charge is -2.09. The zero-order valence-electron chi connectivity index (χ0n) is 10.6. The van der Waals surface area contributed by atoms with Crippen molar-refractivity contribution in [2.45, 2.75) is 25.6 Å². The number of alkyl halides is 1. The van der Waals surface area contributed by atoms with Crippen molar-refractivity contribution in [1.29, 1.82) is 0 Å². The molecule has 0 N–H and O–H groups in total. The lowest BCUT2D eigenvalue weighted by molar-refractivity contribution is 0.612. The molecule has 0 spiro atoms. The Morgan fingerprint density at radius 2 is 2.11 bits per heavy atom. The number of rotatable bonds is 3. The van der Waals surface area contributed by atoms with Gasteiger partial charge >= 0.3 is 0 Å². The molecule has 2 nitrogen and oxygen atoms in total. The van der Waals surface area contributed by atoms with Crippen molar-refractivity contribution in [3.8, 4) is 0 Å². The first-order valence-corrected chi connectivity index (χ1v) is 6.70. The summed E-state index contributed by atoms with van der Waals surface area (Å²) in [7, 11) is 0. The van der Waals surface area contributed by atoms with Crippen molar-refractivity contribution in [3.63, 3.8) is 0 Å². The van der Waals surface area contributed by atoms with E-state index in [9.17, 15) is 4.39 Å². The molecule has 19 heavy (non-hydrogen) atoms. The fraction of sp³-hybridized carbons (Fsp3) is 0.286. The summed E-state index contributed by atoms with van der Waals surface area (Å²) in [4.78, 5) is 8.57. The first-order chi connectivity index (χ1) is 8.99. The van der Waals surface area contributed by atoms with Gasteiger partial charge in [-0.05, 0) is 26.0 Å². The van der Waals surface area contributed by atoms with Crippen molar-refractivity contribution in [2.75, 3.05) is 0 Å². The third-order valence-electron chi connectivity index (χ3n) is 2.89. The molecule has 0 aliphatic heterocycles. The molecule has 0 saturated carbocycles. The van der Waals surface area contributed by atoms with Crippen LogP contribution in [0.25, 0.3) is 0 Å². The first-order valence-electron chi connectivity index (χ1n) is 5.88. The molecule has 1 aromatic heterocycles. The number of halogens is 3. The monoisotopic (exact) mass is 298 g/mol. The van der Waals surface area contributed by atoms with Gasteiger partial charge in [0.2, 0.25) is 0 Å². The third-order valence-corrected chi connectivity index (χ3v) is 3.48. The summed E-state index contributed by atoms with van der Waals surface area (Å²) in [6, 6.07) is 4.61. The fourth-order valence-corrected chi connectivity index (χ4v) is 2.30. The molecule has 1 unspecified atom stereocenters. The smallest absolute Gasteiger partial charge is 0.133 e. The van der Waals surface area contributed by atoms with E-state index in [1.807, 2.05) is 13.8 Å². The van der Waals surface area contributed by atoms with Gasteiger partial charge in [-0.2, -0.15) is 0 Å². The van der Waals surface area contributed by atoms with Gasteiger partial charge < -0.3 is 0 Å². The highest BCUT2D eigenvalue weighted by Gasteiger charge is 2.12. The molecule has 0 bridgehead atoms. The Bertz CT molecular complexity index is 580. The third kappa shape index (κ3) is 3.23. The van der Waals surface area contributed by atoms with Gasteiger partial charge in [-0.15, -0.1) is 11.6 Å². The molecule has 2 rings (SSSR count). The zero-order valence-corrected chi connectivity index (χ0v) is 12.1. The maximum Gasteiger partial charge on any atom is 0.133 e. The van der Waals surface area contributed by atoms with E-state index in [0.717, 1.165) is 11.3 Å². The number of hydrogen-bond donors (Lipinski definition) is 0. The van der Waals surface area contributed by atoms with Crippen LogP contribution in [0.15, 0.2) is 24.4 Å². The molecule has 1 aromatic carbocycles. The molecular formula is C14H13Cl2FN2. The number of aryl methyl sites for hydroxylation is 1. The lowest BCUT2D eigenvalue weighted by Crippen LogP contribution is -2.04. The summed E-state index contributed by atoms with van der Waals surface area (Å²) in [6.07, 6.45) is 1.95. The Balaban J connectivity index is 2.32. The molecule has 2 aromatic rings. The van der Waals surface area contributed by atoms with E-state index >= 15 is 0 Å². The van der Waals surface area contributed by atoms with Gasteiger partial charge in [0.05, 0.1) is 5.38 Å². The second-order valence-electron chi connectivity index (χ2n) is 4.32. The van der Waals surface area contributed by atoms with Crippen molar-refractivity contribution < 1.29 is 4.39 Å². The number of aromatic nitrogens is 2. The summed E-state index contributed by atoms with van der Waals surface area (Å²) < 4.78 is 13.7. The van der Waals surface area contributed by atoms with E-state index in [-0.39, 0.29) is 17.6 Å². The molecule has 0 saturated heterocycles. The topological polar surface area (TPSA) is 25.8 Å². The molecule has 5 heteroatoms. The van der Waals surface area contributed by atoms with Crippen LogP contribution in [0, 0.1) is 12.7 Å². The van der Waals surface area contributed by atoms with E-state index < -0.39 is 0 Å². The zero-order chi connectivity index (χ0) is 14.0. The maximum absolute atomic E-state index is 13.7. The summed E-state index contributed by atoms with van der Waals surface area (Å²) in [6.45, 7) is 3.73. The SMILES string of the molecule is Cc1nc(Cc2c(F)cccc2Cl)ncc1C(C)Cl. The normalized spacial score (nSPS) is 12.5. The van der Waals surface area contributed by atoms with Crippen molar-refractivity contribution >= 4 is 23.2 Å². The molecule has 100 valence electrons. The summed E-state index contributed by atoms with van der Waals surface area (Å²) in [5.74, 6) is 0.189. The van der Waals surface area contributed by atoms with Gasteiger partial charge in [0, 0.05) is 34.5 Å². The largest absolute Gasteiger partial charge is 0.241 e. The Morgan fingerprint density at radius 1 is 1.37 bits per heavy atom. The van der Waals surface area contributed by atoms with Gasteiger partial charge in [-0.3, -0.25) is 0 Å². The van der Waals surface area contributed by atoms with Crippen LogP contribution in [0.3, 0.4) is 0 Å². The van der Waals surface area contributed by atoms with E-state index in [0.29, 0.717) is 16.4 Å². The van der Waals surface area contributed by atoms with Gasteiger partial charge in [-0.25, -0.2) is 14.4 Å². The standard InChI is InChI=1S/C14H13Cl2FN2/c1-8(15)11-7-18-14(19-9(11)2)6-10-12(16)4-3-5-13(10)17/h3-5,7-8H,6H2,1-2H3. The first kappa shape index (κ1) is 14.2. The highest BCUT2D eigenvalue weighted by molar-refractivity contribution is 6.31. The Kier molecular flexibility index (Phi) is 4.38. The molecule has 1 heterocycles. The van der Waals surface area contributed by atoms with Gasteiger partial charge in [0.15, 0.2) is 0 Å². The Hall–Kier alpha value is -1.19. The van der Waals surface area contributed by atoms with Crippen molar-refractivity contribution in [2.24, 2.45) is 0 Å². The van der Waals surface area contributed by atoms with Crippen LogP contribution < -0.4 is 0 Å². The second kappa shape index (κ2) is 5.85. The molecule has 0 aliphatic carbocycles. The van der Waals surface area contributed by atoms with Crippen LogP contribution in [0.4, 0.5) is 4.39 Å². The molecule has 0 fully saturated rings. The van der Waals surface area contributed by atoms with Crippen LogP contribution in [-0.2, 0) is 6.42 Å². The van der Waals surface area contributed by atoms with Gasteiger partial charge in [0.25, 0.3) is 0 Å². The Labute approximate surface area is 121 Å². The minimum atomic E-state index is -0.344. The predicted octanol–water partition coefficient (Wildman–Crippen LogP) is 4.47. The molecule has 0 radical (unpaired) electrons. The molecule has 0 amide bonds. The van der Waals surface area contributed by atoms with Gasteiger partial charge in [0.1, 0.15) is 11.6 Å². The van der Waals surface area contributed by atoms with Crippen LogP contribution in [0.2, 0.25) is 5.02 Å². The van der Waals surface area contributed by atoms with Crippen molar-refractivity contribution in [3.05, 3.63) is 57.9 Å². The highest BCUT2D eigenvalue weighted by atomic mass is 35.5. The number of hydrogen-bond acceptors (Lipinski definition) is 2. The van der Waals surface area contributed by atoms with Crippen molar-refractivity contribution in [1.82, 2.24) is 9.97 Å². The van der Waals surface area contributed by atoms with E-state index in [2.05, 4.69) is 9.97 Å². The number of benzene rings is 1. The van der Waals surface area contributed by atoms with E-state index in [4.69, 9.17) is 23.2 Å². The summed E-state index contributed by atoms with van der Waals surface area (Å²) >= 11 is 12.0. The maximum atomic E-state index is 13.7.